The van der Waals surface area contributed by atoms with E-state index in [-0.39, 0.29) is 29.5 Å². The molecule has 1 aliphatic carbocycles. The van der Waals surface area contributed by atoms with E-state index in [1.54, 1.807) is 4.90 Å². The minimum atomic E-state index is -0.347. The minimum Gasteiger partial charge on any atom is -0.378 e. The lowest BCUT2D eigenvalue weighted by Gasteiger charge is -2.27. The molecule has 112 valence electrons. The average Bonchev–Trinajstić information content (AvgIpc) is 3.30. The van der Waals surface area contributed by atoms with Crippen LogP contribution in [0.5, 0.6) is 0 Å². The van der Waals surface area contributed by atoms with Crippen LogP contribution in [0.2, 0.25) is 0 Å². The molecule has 1 aliphatic heterocycles. The quantitative estimate of drug-likeness (QED) is 0.912. The van der Waals surface area contributed by atoms with Crippen LogP contribution in [0.25, 0.3) is 0 Å². The van der Waals surface area contributed by atoms with Gasteiger partial charge in [0.1, 0.15) is 5.82 Å². The number of halogens is 1. The second-order valence-corrected chi connectivity index (χ2v) is 5.38. The molecule has 2 aliphatic rings. The summed E-state index contributed by atoms with van der Waals surface area (Å²) in [6, 6.07) is 5.60. The molecule has 1 saturated carbocycles. The average molecular weight is 292 g/mol. The molecular formula is C15H17FN2O3. The molecule has 1 aromatic carbocycles. The van der Waals surface area contributed by atoms with Gasteiger partial charge in [0.2, 0.25) is 11.8 Å². The van der Waals surface area contributed by atoms with Crippen LogP contribution in [0.3, 0.4) is 0 Å². The molecule has 2 unspecified atom stereocenters. The first-order valence-electron chi connectivity index (χ1n) is 7.08. The van der Waals surface area contributed by atoms with E-state index in [1.165, 1.54) is 24.3 Å². The van der Waals surface area contributed by atoms with Gasteiger partial charge in [-0.25, -0.2) is 4.39 Å². The molecule has 1 saturated heterocycles. The van der Waals surface area contributed by atoms with Crippen molar-refractivity contribution in [3.05, 3.63) is 30.1 Å². The fraction of sp³-hybridized carbons (Fsp3) is 0.467. The number of hydrogen-bond acceptors (Lipinski definition) is 3. The summed E-state index contributed by atoms with van der Waals surface area (Å²) in [5, 5.41) is 2.72. The molecule has 0 radical (unpaired) electrons. The Hall–Kier alpha value is -1.95. The largest absolute Gasteiger partial charge is 0.378 e. The normalized spacial score (nSPS) is 24.5. The van der Waals surface area contributed by atoms with Gasteiger partial charge in [-0.15, -0.1) is 0 Å². The van der Waals surface area contributed by atoms with Crippen LogP contribution in [0, 0.1) is 17.7 Å². The lowest BCUT2D eigenvalue weighted by Crippen LogP contribution is -2.42. The second kappa shape index (κ2) is 5.81. The van der Waals surface area contributed by atoms with E-state index in [4.69, 9.17) is 4.74 Å². The van der Waals surface area contributed by atoms with Crippen molar-refractivity contribution < 1.29 is 18.7 Å². The maximum Gasteiger partial charge on any atom is 0.228 e. The number of morpholine rings is 1. The summed E-state index contributed by atoms with van der Waals surface area (Å²) in [6.07, 6.45) is 0.587. The Morgan fingerprint density at radius 2 is 1.81 bits per heavy atom. The number of benzene rings is 1. The van der Waals surface area contributed by atoms with Gasteiger partial charge in [-0.3, -0.25) is 9.59 Å². The third-order valence-corrected chi connectivity index (χ3v) is 3.88. The summed E-state index contributed by atoms with van der Waals surface area (Å²) in [7, 11) is 0. The van der Waals surface area contributed by atoms with E-state index in [1.807, 2.05) is 0 Å². The van der Waals surface area contributed by atoms with Gasteiger partial charge < -0.3 is 15.0 Å². The lowest BCUT2D eigenvalue weighted by molar-refractivity contribution is -0.137. The van der Waals surface area contributed by atoms with Gasteiger partial charge in [0.15, 0.2) is 0 Å². The molecule has 21 heavy (non-hydrogen) atoms. The fourth-order valence-corrected chi connectivity index (χ4v) is 2.54. The van der Waals surface area contributed by atoms with Crippen LogP contribution in [-0.4, -0.2) is 43.0 Å². The number of carbonyl (C=O) groups excluding carboxylic acids is 2. The van der Waals surface area contributed by atoms with E-state index in [9.17, 15) is 14.0 Å². The molecule has 5 nitrogen and oxygen atoms in total. The van der Waals surface area contributed by atoms with Crippen molar-refractivity contribution in [3.63, 3.8) is 0 Å². The summed E-state index contributed by atoms with van der Waals surface area (Å²) in [6.45, 7) is 2.32. The second-order valence-electron chi connectivity index (χ2n) is 5.38. The lowest BCUT2D eigenvalue weighted by atomic mass is 10.2. The summed E-state index contributed by atoms with van der Waals surface area (Å²) >= 11 is 0. The Kier molecular flexibility index (Phi) is 3.88. The highest BCUT2D eigenvalue weighted by molar-refractivity contribution is 5.99. The monoisotopic (exact) mass is 292 g/mol. The molecule has 2 atom stereocenters. The van der Waals surface area contributed by atoms with Crippen LogP contribution in [0.15, 0.2) is 24.3 Å². The van der Waals surface area contributed by atoms with Gasteiger partial charge in [0.25, 0.3) is 0 Å². The number of rotatable bonds is 3. The molecule has 3 rings (SSSR count). The zero-order chi connectivity index (χ0) is 14.8. The zero-order valence-corrected chi connectivity index (χ0v) is 11.5. The Morgan fingerprint density at radius 3 is 2.48 bits per heavy atom. The van der Waals surface area contributed by atoms with Crippen LogP contribution in [0.4, 0.5) is 10.1 Å². The highest BCUT2D eigenvalue weighted by Crippen LogP contribution is 2.41. The van der Waals surface area contributed by atoms with Crippen molar-refractivity contribution in [1.82, 2.24) is 4.90 Å². The van der Waals surface area contributed by atoms with Gasteiger partial charge in [-0.2, -0.15) is 0 Å². The molecule has 2 amide bonds. The van der Waals surface area contributed by atoms with Crippen molar-refractivity contribution >= 4 is 17.5 Å². The van der Waals surface area contributed by atoms with Crippen molar-refractivity contribution in [2.75, 3.05) is 31.6 Å². The van der Waals surface area contributed by atoms with Gasteiger partial charge in [0, 0.05) is 18.8 Å². The molecular weight excluding hydrogens is 275 g/mol. The summed E-state index contributed by atoms with van der Waals surface area (Å²) < 4.78 is 18.0. The number of ether oxygens (including phenoxy) is 1. The molecule has 0 bridgehead atoms. The Morgan fingerprint density at radius 1 is 1.14 bits per heavy atom. The summed E-state index contributed by atoms with van der Waals surface area (Å²) in [5.74, 6) is -0.973. The van der Waals surface area contributed by atoms with Crippen molar-refractivity contribution in [3.8, 4) is 0 Å². The van der Waals surface area contributed by atoms with Crippen molar-refractivity contribution in [2.24, 2.45) is 11.8 Å². The predicted octanol–water partition coefficient (Wildman–Crippen LogP) is 1.26. The Labute approximate surface area is 122 Å². The number of anilines is 1. The molecule has 0 aromatic heterocycles. The SMILES string of the molecule is O=C(Nc1ccc(F)cc1)C1CC1C(=O)N1CCOCC1. The summed E-state index contributed by atoms with van der Waals surface area (Å²) in [5.41, 5.74) is 0.547. The van der Waals surface area contributed by atoms with Crippen LogP contribution in [-0.2, 0) is 14.3 Å². The highest BCUT2D eigenvalue weighted by atomic mass is 19.1. The number of nitrogens with one attached hydrogen (secondary N) is 1. The van der Waals surface area contributed by atoms with Crippen LogP contribution >= 0.6 is 0 Å². The third kappa shape index (κ3) is 3.21. The molecule has 1 N–H and O–H groups in total. The minimum absolute atomic E-state index is 0.0394. The van der Waals surface area contributed by atoms with Crippen molar-refractivity contribution in [2.45, 2.75) is 6.42 Å². The first-order chi connectivity index (χ1) is 10.1. The number of carbonyl (C=O) groups is 2. The predicted molar refractivity (Wildman–Crippen MR) is 74.0 cm³/mol. The van der Waals surface area contributed by atoms with Crippen LogP contribution < -0.4 is 5.32 Å². The standard InChI is InChI=1S/C15H17FN2O3/c16-10-1-3-11(4-2-10)17-14(19)12-9-13(12)15(20)18-5-7-21-8-6-18/h1-4,12-13H,5-9H2,(H,17,19). The first-order valence-corrected chi connectivity index (χ1v) is 7.08. The highest BCUT2D eigenvalue weighted by Gasteiger charge is 2.49. The van der Waals surface area contributed by atoms with E-state index >= 15 is 0 Å². The third-order valence-electron chi connectivity index (χ3n) is 3.88. The maximum atomic E-state index is 12.8. The summed E-state index contributed by atoms with van der Waals surface area (Å²) in [4.78, 5) is 26.0. The number of nitrogens with zero attached hydrogens (tertiary/aromatic N) is 1. The van der Waals surface area contributed by atoms with Gasteiger partial charge >= 0.3 is 0 Å². The molecule has 6 heteroatoms. The smallest absolute Gasteiger partial charge is 0.228 e. The fourth-order valence-electron chi connectivity index (χ4n) is 2.54. The molecule has 0 spiro atoms. The number of amides is 2. The van der Waals surface area contributed by atoms with E-state index in [2.05, 4.69) is 5.32 Å². The molecule has 1 aromatic rings. The van der Waals surface area contributed by atoms with Gasteiger partial charge in [-0.05, 0) is 30.7 Å². The maximum absolute atomic E-state index is 12.8. The molecule has 1 heterocycles. The Balaban J connectivity index is 1.53. The van der Waals surface area contributed by atoms with Gasteiger partial charge in [-0.1, -0.05) is 0 Å². The van der Waals surface area contributed by atoms with E-state index in [0.29, 0.717) is 38.4 Å². The Bertz CT molecular complexity index is 540. The van der Waals surface area contributed by atoms with Crippen molar-refractivity contribution in [1.29, 1.82) is 0 Å². The van der Waals surface area contributed by atoms with E-state index < -0.39 is 0 Å². The zero-order valence-electron chi connectivity index (χ0n) is 11.5. The first kappa shape index (κ1) is 14.0. The van der Waals surface area contributed by atoms with E-state index in [0.717, 1.165) is 0 Å². The number of hydrogen-bond donors (Lipinski definition) is 1. The van der Waals surface area contributed by atoms with Crippen LogP contribution in [0.1, 0.15) is 6.42 Å². The topological polar surface area (TPSA) is 58.6 Å². The molecule has 2 fully saturated rings. The van der Waals surface area contributed by atoms with Gasteiger partial charge in [0.05, 0.1) is 25.0 Å².